The summed E-state index contributed by atoms with van der Waals surface area (Å²) in [5, 5.41) is 6.09. The first kappa shape index (κ1) is 16.3. The van der Waals surface area contributed by atoms with Crippen LogP contribution in [0.25, 0.3) is 0 Å². The van der Waals surface area contributed by atoms with Gasteiger partial charge in [-0.3, -0.25) is 0 Å². The molecule has 2 amide bonds. The molecule has 3 rings (SSSR count). The van der Waals surface area contributed by atoms with Gasteiger partial charge in [0, 0.05) is 42.2 Å². The van der Waals surface area contributed by atoms with Crippen molar-refractivity contribution < 1.29 is 4.79 Å². The summed E-state index contributed by atoms with van der Waals surface area (Å²) in [4.78, 5) is 20.8. The zero-order valence-electron chi connectivity index (χ0n) is 12.9. The Kier molecular flexibility index (Phi) is 5.17. The minimum atomic E-state index is -0.00686. The fourth-order valence-corrected chi connectivity index (χ4v) is 3.55. The summed E-state index contributed by atoms with van der Waals surface area (Å²) >= 11 is 5.07. The second-order valence-corrected chi connectivity index (χ2v) is 7.30. The van der Waals surface area contributed by atoms with Crippen molar-refractivity contribution in [2.45, 2.75) is 13.0 Å². The Morgan fingerprint density at radius 2 is 1.96 bits per heavy atom. The van der Waals surface area contributed by atoms with Gasteiger partial charge in [-0.25, -0.2) is 9.78 Å². The van der Waals surface area contributed by atoms with Crippen LogP contribution in [0.15, 0.2) is 40.3 Å². The molecule has 2 aromatic rings. The molecule has 1 saturated heterocycles. The van der Waals surface area contributed by atoms with E-state index in [4.69, 9.17) is 0 Å². The first-order valence-corrected chi connectivity index (χ1v) is 9.26. The Morgan fingerprint density at radius 3 is 2.57 bits per heavy atom. The maximum atomic E-state index is 12.4. The molecule has 1 aromatic heterocycles. The lowest BCUT2D eigenvalue weighted by Gasteiger charge is -2.35. The molecular weight excluding hydrogens is 376 g/mol. The second kappa shape index (κ2) is 7.31. The molecule has 1 aliphatic rings. The first-order valence-electron chi connectivity index (χ1n) is 7.59. The summed E-state index contributed by atoms with van der Waals surface area (Å²) in [6.07, 6.45) is 1.82. The topological polar surface area (TPSA) is 48.5 Å². The van der Waals surface area contributed by atoms with E-state index < -0.39 is 0 Å². The van der Waals surface area contributed by atoms with E-state index in [2.05, 4.69) is 31.1 Å². The van der Waals surface area contributed by atoms with Gasteiger partial charge < -0.3 is 15.1 Å². The van der Waals surface area contributed by atoms with Crippen LogP contribution in [0.2, 0.25) is 0 Å². The fourth-order valence-electron chi connectivity index (χ4n) is 2.58. The van der Waals surface area contributed by atoms with Crippen LogP contribution in [0.1, 0.15) is 18.5 Å². The molecule has 122 valence electrons. The van der Waals surface area contributed by atoms with Gasteiger partial charge in [0.25, 0.3) is 0 Å². The highest BCUT2D eigenvalue weighted by Crippen LogP contribution is 2.20. The summed E-state index contributed by atoms with van der Waals surface area (Å²) in [5.74, 6) is 0. The molecule has 5 nitrogen and oxygen atoms in total. The second-order valence-electron chi connectivity index (χ2n) is 5.51. The standard InChI is InChI=1S/C16H19BrN4OS/c1-12(13-2-4-14(17)5-3-13)19-15(22)20-7-9-21(10-8-20)16-18-6-11-23-16/h2-6,11-12H,7-10H2,1H3,(H,19,22). The summed E-state index contributed by atoms with van der Waals surface area (Å²) in [6.45, 7) is 5.10. The van der Waals surface area contributed by atoms with E-state index >= 15 is 0 Å². The summed E-state index contributed by atoms with van der Waals surface area (Å²) < 4.78 is 1.04. The molecule has 1 aliphatic heterocycles. The number of rotatable bonds is 3. The molecule has 1 N–H and O–H groups in total. The lowest BCUT2D eigenvalue weighted by molar-refractivity contribution is 0.191. The van der Waals surface area contributed by atoms with Crippen molar-refractivity contribution in [3.05, 3.63) is 45.9 Å². The zero-order valence-corrected chi connectivity index (χ0v) is 15.3. The van der Waals surface area contributed by atoms with Gasteiger partial charge in [-0.15, -0.1) is 11.3 Å². The lowest BCUT2D eigenvalue weighted by atomic mass is 10.1. The highest BCUT2D eigenvalue weighted by Gasteiger charge is 2.23. The predicted octanol–water partition coefficient (Wildman–Crippen LogP) is 3.50. The first-order chi connectivity index (χ1) is 11.1. The van der Waals surface area contributed by atoms with Crippen molar-refractivity contribution in [1.82, 2.24) is 15.2 Å². The quantitative estimate of drug-likeness (QED) is 0.866. The van der Waals surface area contributed by atoms with Crippen molar-refractivity contribution in [3.8, 4) is 0 Å². The Hall–Kier alpha value is -1.60. The molecule has 1 unspecified atom stereocenters. The number of aromatic nitrogens is 1. The maximum Gasteiger partial charge on any atom is 0.317 e. The number of hydrogen-bond acceptors (Lipinski definition) is 4. The smallest absolute Gasteiger partial charge is 0.317 e. The average Bonchev–Trinajstić information content (AvgIpc) is 3.10. The van der Waals surface area contributed by atoms with Gasteiger partial charge in [-0.2, -0.15) is 0 Å². The molecule has 0 spiro atoms. The number of carbonyl (C=O) groups is 1. The van der Waals surface area contributed by atoms with E-state index in [1.54, 1.807) is 11.3 Å². The van der Waals surface area contributed by atoms with Gasteiger partial charge in [0.2, 0.25) is 0 Å². The van der Waals surface area contributed by atoms with Crippen LogP contribution in [0.4, 0.5) is 9.93 Å². The molecule has 1 fully saturated rings. The number of nitrogens with zero attached hydrogens (tertiary/aromatic N) is 3. The van der Waals surface area contributed by atoms with Gasteiger partial charge in [0.05, 0.1) is 6.04 Å². The van der Waals surface area contributed by atoms with Crippen molar-refractivity contribution in [1.29, 1.82) is 0 Å². The number of amides is 2. The predicted molar refractivity (Wildman–Crippen MR) is 97.0 cm³/mol. The van der Waals surface area contributed by atoms with Gasteiger partial charge in [0.1, 0.15) is 0 Å². The van der Waals surface area contributed by atoms with Gasteiger partial charge in [0.15, 0.2) is 5.13 Å². The van der Waals surface area contributed by atoms with Crippen LogP contribution in [-0.4, -0.2) is 42.1 Å². The molecule has 23 heavy (non-hydrogen) atoms. The third-order valence-electron chi connectivity index (χ3n) is 3.97. The van der Waals surface area contributed by atoms with Crippen LogP contribution < -0.4 is 10.2 Å². The van der Waals surface area contributed by atoms with E-state index in [9.17, 15) is 4.79 Å². The van der Waals surface area contributed by atoms with Crippen LogP contribution in [0, 0.1) is 0 Å². The Bertz CT molecular complexity index is 639. The minimum Gasteiger partial charge on any atom is -0.345 e. The number of halogens is 1. The maximum absolute atomic E-state index is 12.4. The van der Waals surface area contributed by atoms with E-state index in [1.165, 1.54) is 0 Å². The highest BCUT2D eigenvalue weighted by molar-refractivity contribution is 9.10. The number of urea groups is 1. The Labute approximate surface area is 148 Å². The normalized spacial score (nSPS) is 16.3. The van der Waals surface area contributed by atoms with E-state index in [0.717, 1.165) is 41.3 Å². The average molecular weight is 395 g/mol. The molecular formula is C16H19BrN4OS. The molecule has 0 radical (unpaired) electrons. The molecule has 0 saturated carbocycles. The van der Waals surface area contributed by atoms with Gasteiger partial charge >= 0.3 is 6.03 Å². The van der Waals surface area contributed by atoms with Crippen molar-refractivity contribution >= 4 is 38.4 Å². The molecule has 2 heterocycles. The largest absolute Gasteiger partial charge is 0.345 e. The van der Waals surface area contributed by atoms with Crippen molar-refractivity contribution in [2.75, 3.05) is 31.1 Å². The molecule has 0 bridgehead atoms. The number of benzene rings is 1. The SMILES string of the molecule is CC(NC(=O)N1CCN(c2nccs2)CC1)c1ccc(Br)cc1. The molecule has 0 aliphatic carbocycles. The van der Waals surface area contributed by atoms with Gasteiger partial charge in [-0.05, 0) is 24.6 Å². The van der Waals surface area contributed by atoms with E-state index in [-0.39, 0.29) is 12.1 Å². The van der Waals surface area contributed by atoms with E-state index in [0.29, 0.717) is 0 Å². The third kappa shape index (κ3) is 4.03. The van der Waals surface area contributed by atoms with Crippen LogP contribution in [0.3, 0.4) is 0 Å². The van der Waals surface area contributed by atoms with Crippen LogP contribution >= 0.6 is 27.3 Å². The van der Waals surface area contributed by atoms with Crippen LogP contribution in [0.5, 0.6) is 0 Å². The van der Waals surface area contributed by atoms with E-state index in [1.807, 2.05) is 47.7 Å². The number of nitrogens with one attached hydrogen (secondary N) is 1. The number of hydrogen-bond donors (Lipinski definition) is 1. The summed E-state index contributed by atoms with van der Waals surface area (Å²) in [6, 6.07) is 8.02. The Morgan fingerprint density at radius 1 is 1.26 bits per heavy atom. The summed E-state index contributed by atoms with van der Waals surface area (Å²) in [5.41, 5.74) is 1.10. The lowest BCUT2D eigenvalue weighted by Crippen LogP contribution is -2.52. The molecule has 1 aromatic carbocycles. The summed E-state index contributed by atoms with van der Waals surface area (Å²) in [7, 11) is 0. The number of carbonyl (C=O) groups excluding carboxylic acids is 1. The number of anilines is 1. The molecule has 1 atom stereocenters. The number of piperazine rings is 1. The third-order valence-corrected chi connectivity index (χ3v) is 5.33. The van der Waals surface area contributed by atoms with Crippen molar-refractivity contribution in [3.63, 3.8) is 0 Å². The van der Waals surface area contributed by atoms with Crippen molar-refractivity contribution in [2.24, 2.45) is 0 Å². The van der Waals surface area contributed by atoms with Gasteiger partial charge in [-0.1, -0.05) is 28.1 Å². The number of thiazole rings is 1. The molecule has 7 heteroatoms. The monoisotopic (exact) mass is 394 g/mol. The fraction of sp³-hybridized carbons (Fsp3) is 0.375. The highest BCUT2D eigenvalue weighted by atomic mass is 79.9. The Balaban J connectivity index is 1.52. The zero-order chi connectivity index (χ0) is 16.2. The van der Waals surface area contributed by atoms with Crippen LogP contribution in [-0.2, 0) is 0 Å². The minimum absolute atomic E-state index is 0.000734.